The number of hydrogen-bond donors (Lipinski definition) is 6. The van der Waals surface area contributed by atoms with Crippen molar-refractivity contribution in [3.63, 3.8) is 0 Å². The number of rotatable bonds is 62. The van der Waals surface area contributed by atoms with Crippen molar-refractivity contribution in [1.29, 1.82) is 0 Å². The normalized spacial score (nSPS) is 18.4. The van der Waals surface area contributed by atoms with Gasteiger partial charge in [0.15, 0.2) is 6.29 Å². The lowest BCUT2D eigenvalue weighted by Gasteiger charge is -2.40. The zero-order valence-electron chi connectivity index (χ0n) is 54.8. The standard InChI is InChI=1S/C74H133NO10/c1-3-5-7-9-11-13-15-16-39-42-46-50-54-58-62-70(79)83-63-59-55-51-47-43-40-37-35-33-31-29-27-25-23-21-19-17-18-20-22-24-26-28-30-32-34-36-38-41-45-49-53-57-61-69(78)75-66(65-84-74-73(82)72(81)71(80)68(64-76)85-74)67(77)60-56-52-48-44-14-12-10-8-6-4-2/h6,8,14-16,21,23,27,29,44,56,60,66-68,71-74,76-77,80-82H,3-5,7,9-13,17-20,22,24-26,28,30-43,45-55,57-59,61-65H2,1-2H3,(H,75,78)/b8-6+,16-15-,23-21-,29-27-,44-14+,60-56+. The van der Waals surface area contributed by atoms with Gasteiger partial charge in [-0.05, 0) is 109 Å². The first-order chi connectivity index (χ1) is 41.7. The van der Waals surface area contributed by atoms with Crippen LogP contribution in [0.25, 0.3) is 0 Å². The van der Waals surface area contributed by atoms with Gasteiger partial charge in [0.25, 0.3) is 0 Å². The van der Waals surface area contributed by atoms with E-state index in [0.29, 0.717) is 19.4 Å². The molecule has 0 spiro atoms. The van der Waals surface area contributed by atoms with E-state index in [1.54, 1.807) is 6.08 Å². The van der Waals surface area contributed by atoms with Gasteiger partial charge >= 0.3 is 5.97 Å². The Kier molecular flexibility index (Phi) is 59.1. The summed E-state index contributed by atoms with van der Waals surface area (Å²) in [5, 5.41) is 54.3. The highest BCUT2D eigenvalue weighted by molar-refractivity contribution is 5.76. The molecule has 0 aromatic heterocycles. The molecule has 0 saturated carbocycles. The summed E-state index contributed by atoms with van der Waals surface area (Å²) in [4.78, 5) is 25.1. The average molecular weight is 1200 g/mol. The van der Waals surface area contributed by atoms with E-state index in [1.165, 1.54) is 218 Å². The Balaban J connectivity index is 1.93. The van der Waals surface area contributed by atoms with Crippen LogP contribution < -0.4 is 5.32 Å². The van der Waals surface area contributed by atoms with Gasteiger partial charge in [-0.25, -0.2) is 0 Å². The SMILES string of the molecule is CC/C=C/CC/C=C/CC/C=C/C(O)C(COC1OC(CO)C(O)C(O)C1O)NC(=O)CCCCCCCCCCCCCCCCCCC/C=C\C/C=C\CCCCCCCCCCCOC(=O)CCCCCCC/C=C\CCCCCCC. The lowest BCUT2D eigenvalue weighted by molar-refractivity contribution is -0.302. The van der Waals surface area contributed by atoms with Crippen molar-refractivity contribution in [2.45, 2.75) is 365 Å². The zero-order valence-corrected chi connectivity index (χ0v) is 54.8. The van der Waals surface area contributed by atoms with Gasteiger partial charge in [0.2, 0.25) is 5.91 Å². The first kappa shape index (κ1) is 80.1. The first-order valence-electron chi connectivity index (χ1n) is 35.7. The maximum absolute atomic E-state index is 13.0. The molecule has 7 unspecified atom stereocenters. The van der Waals surface area contributed by atoms with Gasteiger partial charge in [-0.15, -0.1) is 0 Å². The molecule has 6 N–H and O–H groups in total. The Hall–Kier alpha value is -2.90. The number of nitrogens with one attached hydrogen (secondary N) is 1. The van der Waals surface area contributed by atoms with Crippen molar-refractivity contribution in [1.82, 2.24) is 5.32 Å². The molecular formula is C74H133NO10. The zero-order chi connectivity index (χ0) is 61.6. The monoisotopic (exact) mass is 1200 g/mol. The fraction of sp³-hybridized carbons (Fsp3) is 0.811. The molecule has 11 nitrogen and oxygen atoms in total. The van der Waals surface area contributed by atoms with Gasteiger partial charge in [0.1, 0.15) is 24.4 Å². The summed E-state index contributed by atoms with van der Waals surface area (Å²) >= 11 is 0. The van der Waals surface area contributed by atoms with Gasteiger partial charge in [0.05, 0.1) is 32.0 Å². The molecule has 1 saturated heterocycles. The van der Waals surface area contributed by atoms with E-state index in [0.717, 1.165) is 77.0 Å². The van der Waals surface area contributed by atoms with Crippen LogP contribution in [0.1, 0.15) is 322 Å². The first-order valence-corrected chi connectivity index (χ1v) is 35.7. The summed E-state index contributed by atoms with van der Waals surface area (Å²) in [5.74, 6) is -0.199. The molecule has 1 rings (SSSR count). The molecule has 0 bridgehead atoms. The summed E-state index contributed by atoms with van der Waals surface area (Å²) < 4.78 is 16.7. The average Bonchev–Trinajstić information content (AvgIpc) is 3.39. The Labute approximate surface area is 521 Å². The summed E-state index contributed by atoms with van der Waals surface area (Å²) in [6.45, 7) is 4.20. The molecule has 1 aliphatic heterocycles. The summed E-state index contributed by atoms with van der Waals surface area (Å²) in [5.41, 5.74) is 0. The van der Waals surface area contributed by atoms with Crippen molar-refractivity contribution in [2.75, 3.05) is 19.8 Å². The minimum atomic E-state index is -1.58. The molecule has 494 valence electrons. The predicted octanol–water partition coefficient (Wildman–Crippen LogP) is 18.3. The van der Waals surface area contributed by atoms with Crippen LogP contribution in [-0.2, 0) is 23.8 Å². The van der Waals surface area contributed by atoms with Crippen LogP contribution in [0.15, 0.2) is 72.9 Å². The number of ether oxygens (including phenoxy) is 3. The third kappa shape index (κ3) is 51.7. The number of carbonyl (C=O) groups is 2. The number of amides is 1. The number of aliphatic hydroxyl groups is 5. The molecule has 0 aliphatic carbocycles. The highest BCUT2D eigenvalue weighted by Gasteiger charge is 2.44. The minimum Gasteiger partial charge on any atom is -0.466 e. The van der Waals surface area contributed by atoms with Gasteiger partial charge < -0.3 is 45.1 Å². The van der Waals surface area contributed by atoms with Crippen molar-refractivity contribution in [3.8, 4) is 0 Å². The molecule has 0 aromatic carbocycles. The third-order valence-electron chi connectivity index (χ3n) is 16.5. The smallest absolute Gasteiger partial charge is 0.305 e. The highest BCUT2D eigenvalue weighted by Crippen LogP contribution is 2.23. The quantitative estimate of drug-likeness (QED) is 0.0195. The Morgan fingerprint density at radius 1 is 0.447 bits per heavy atom. The van der Waals surface area contributed by atoms with Crippen LogP contribution in [0.3, 0.4) is 0 Å². The number of carbonyl (C=O) groups excluding carboxylic acids is 2. The Bertz CT molecular complexity index is 1640. The van der Waals surface area contributed by atoms with Gasteiger partial charge in [-0.2, -0.15) is 0 Å². The Morgan fingerprint density at radius 2 is 0.835 bits per heavy atom. The molecule has 0 radical (unpaired) electrons. The number of esters is 1. The number of aliphatic hydroxyl groups excluding tert-OH is 5. The second-order valence-corrected chi connectivity index (χ2v) is 24.5. The van der Waals surface area contributed by atoms with E-state index in [2.05, 4.69) is 79.9 Å². The minimum absolute atomic E-state index is 0.00247. The molecule has 1 amide bonds. The molecule has 85 heavy (non-hydrogen) atoms. The van der Waals surface area contributed by atoms with Crippen LogP contribution in [0, 0.1) is 0 Å². The van der Waals surface area contributed by atoms with Crippen molar-refractivity contribution in [3.05, 3.63) is 72.9 Å². The molecular weight excluding hydrogens is 1060 g/mol. The third-order valence-corrected chi connectivity index (χ3v) is 16.5. The van der Waals surface area contributed by atoms with Crippen LogP contribution in [0.5, 0.6) is 0 Å². The van der Waals surface area contributed by atoms with E-state index in [9.17, 15) is 35.1 Å². The summed E-state index contributed by atoms with van der Waals surface area (Å²) in [6, 6.07) is -0.834. The predicted molar refractivity (Wildman–Crippen MR) is 356 cm³/mol. The maximum Gasteiger partial charge on any atom is 0.305 e. The van der Waals surface area contributed by atoms with E-state index in [1.807, 2.05) is 6.08 Å². The molecule has 1 fully saturated rings. The number of hydrogen-bond acceptors (Lipinski definition) is 10. The van der Waals surface area contributed by atoms with E-state index in [4.69, 9.17) is 14.2 Å². The van der Waals surface area contributed by atoms with Gasteiger partial charge in [-0.3, -0.25) is 9.59 Å². The van der Waals surface area contributed by atoms with Crippen molar-refractivity contribution in [2.24, 2.45) is 0 Å². The van der Waals surface area contributed by atoms with Crippen molar-refractivity contribution < 1.29 is 49.3 Å². The molecule has 0 aromatic rings. The summed E-state index contributed by atoms with van der Waals surface area (Å²) in [6.07, 6.45) is 74.9. The highest BCUT2D eigenvalue weighted by atomic mass is 16.7. The van der Waals surface area contributed by atoms with Crippen LogP contribution >= 0.6 is 0 Å². The number of unbranched alkanes of at least 4 members (excludes halogenated alkanes) is 38. The largest absolute Gasteiger partial charge is 0.466 e. The Morgan fingerprint density at radius 3 is 1.29 bits per heavy atom. The van der Waals surface area contributed by atoms with E-state index >= 15 is 0 Å². The number of allylic oxidation sites excluding steroid dienone is 11. The van der Waals surface area contributed by atoms with Crippen molar-refractivity contribution >= 4 is 11.9 Å². The van der Waals surface area contributed by atoms with Gasteiger partial charge in [-0.1, -0.05) is 273 Å². The van der Waals surface area contributed by atoms with E-state index in [-0.39, 0.29) is 18.5 Å². The van der Waals surface area contributed by atoms with Gasteiger partial charge in [0, 0.05) is 12.8 Å². The topological polar surface area (TPSA) is 175 Å². The molecule has 7 atom stereocenters. The van der Waals surface area contributed by atoms with Crippen LogP contribution in [0.4, 0.5) is 0 Å². The van der Waals surface area contributed by atoms with Crippen LogP contribution in [0.2, 0.25) is 0 Å². The second-order valence-electron chi connectivity index (χ2n) is 24.5. The molecule has 1 heterocycles. The lowest BCUT2D eigenvalue weighted by atomic mass is 9.99. The van der Waals surface area contributed by atoms with Crippen LogP contribution in [-0.4, -0.2) is 100 Å². The maximum atomic E-state index is 13.0. The lowest BCUT2D eigenvalue weighted by Crippen LogP contribution is -2.60. The molecule has 11 heteroatoms. The second kappa shape index (κ2) is 62.7. The molecule has 1 aliphatic rings. The fourth-order valence-corrected chi connectivity index (χ4v) is 10.9. The summed E-state index contributed by atoms with van der Waals surface area (Å²) in [7, 11) is 0. The fourth-order valence-electron chi connectivity index (χ4n) is 10.9. The van der Waals surface area contributed by atoms with E-state index < -0.39 is 49.5 Å².